The molecule has 0 bridgehead atoms. The Morgan fingerprint density at radius 2 is 2.09 bits per heavy atom. The second kappa shape index (κ2) is 10.5. The van der Waals surface area contributed by atoms with Gasteiger partial charge in [-0.25, -0.2) is 18.7 Å². The van der Waals surface area contributed by atoms with Crippen molar-refractivity contribution in [2.45, 2.75) is 32.0 Å². The van der Waals surface area contributed by atoms with E-state index in [4.69, 9.17) is 5.11 Å². The molecule has 3 N–H and O–H groups in total. The van der Waals surface area contributed by atoms with Crippen LogP contribution in [0.1, 0.15) is 28.3 Å². The Hall–Kier alpha value is -3.64. The second-order valence-corrected chi connectivity index (χ2v) is 8.01. The first-order valence-corrected chi connectivity index (χ1v) is 11.1. The van der Waals surface area contributed by atoms with Crippen molar-refractivity contribution in [2.75, 3.05) is 31.6 Å². The van der Waals surface area contributed by atoms with Crippen LogP contribution in [0.15, 0.2) is 36.7 Å². The molecule has 0 fully saturated rings. The average molecular weight is 471 g/mol. The first-order chi connectivity index (χ1) is 16.5. The number of aliphatic hydroxyl groups excluding tert-OH is 1. The fourth-order valence-electron chi connectivity index (χ4n) is 3.79. The molecular weight excluding hydrogens is 443 g/mol. The fourth-order valence-corrected chi connectivity index (χ4v) is 3.79. The van der Waals surface area contributed by atoms with E-state index in [-0.39, 0.29) is 30.7 Å². The number of anilines is 1. The summed E-state index contributed by atoms with van der Waals surface area (Å²) in [5.74, 6) is -0.632. The van der Waals surface area contributed by atoms with Crippen LogP contribution < -0.4 is 15.5 Å². The minimum absolute atomic E-state index is 0.0748. The van der Waals surface area contributed by atoms with Crippen molar-refractivity contribution in [2.24, 2.45) is 0 Å². The summed E-state index contributed by atoms with van der Waals surface area (Å²) in [5.41, 5.74) is 1.27. The van der Waals surface area contributed by atoms with Crippen molar-refractivity contribution < 1.29 is 19.1 Å². The predicted octanol–water partition coefficient (Wildman–Crippen LogP) is -0.0485. The van der Waals surface area contributed by atoms with Gasteiger partial charge in [0.2, 0.25) is 5.82 Å². The van der Waals surface area contributed by atoms with E-state index in [0.717, 1.165) is 5.69 Å². The number of amides is 2. The van der Waals surface area contributed by atoms with Crippen molar-refractivity contribution in [1.82, 2.24) is 35.2 Å². The van der Waals surface area contributed by atoms with Gasteiger partial charge in [0.15, 0.2) is 0 Å². The molecule has 11 nitrogen and oxygen atoms in total. The summed E-state index contributed by atoms with van der Waals surface area (Å²) in [5, 5.41) is 23.3. The molecule has 12 heteroatoms. The van der Waals surface area contributed by atoms with Gasteiger partial charge in [-0.2, -0.15) is 5.10 Å². The third-order valence-electron chi connectivity index (χ3n) is 5.59. The maximum Gasteiger partial charge on any atom is 0.291 e. The zero-order valence-corrected chi connectivity index (χ0v) is 18.8. The number of fused-ring (bicyclic) bond motifs is 1. The van der Waals surface area contributed by atoms with Crippen molar-refractivity contribution >= 4 is 17.6 Å². The van der Waals surface area contributed by atoms with E-state index in [2.05, 4.69) is 25.8 Å². The number of aromatic nitrogens is 5. The van der Waals surface area contributed by atoms with Gasteiger partial charge in [-0.1, -0.05) is 18.2 Å². The smallest absolute Gasteiger partial charge is 0.291 e. The normalized spacial score (nSPS) is 15.8. The number of aliphatic hydroxyl groups is 1. The summed E-state index contributed by atoms with van der Waals surface area (Å²) >= 11 is 0. The zero-order chi connectivity index (χ0) is 24.1. The standard InChI is InChI=1S/C22H27FN8O3/c1-29-19-12-16(6-8-24-9-11-32)27-31(19)10-7-18(22(29)34)26-21(33)20-25-14-30(28-20)13-15-4-2-3-5-17(15)23/h2-5,12,14,18,24,32H,6-11,13H2,1H3,(H,26,33)/t18-/m0/s1. The van der Waals surface area contributed by atoms with Gasteiger partial charge in [0.1, 0.15) is 24.0 Å². The first-order valence-electron chi connectivity index (χ1n) is 11.1. The van der Waals surface area contributed by atoms with E-state index < -0.39 is 11.9 Å². The van der Waals surface area contributed by atoms with Crippen molar-refractivity contribution in [3.05, 3.63) is 59.6 Å². The number of aryl methyl sites for hydroxylation is 1. The summed E-state index contributed by atoms with van der Waals surface area (Å²) in [4.78, 5) is 31.2. The number of rotatable bonds is 9. The SMILES string of the molecule is CN1C(=O)[C@@H](NC(=O)c2ncn(Cc3ccccc3F)n2)CCn2nc(CCNCCO)cc21. The van der Waals surface area contributed by atoms with Gasteiger partial charge in [-0.3, -0.25) is 14.5 Å². The van der Waals surface area contributed by atoms with Crippen LogP contribution in [0.4, 0.5) is 10.2 Å². The average Bonchev–Trinajstić information content (AvgIpc) is 3.45. The van der Waals surface area contributed by atoms with Gasteiger partial charge >= 0.3 is 0 Å². The maximum atomic E-state index is 13.9. The molecule has 1 aliphatic rings. The molecule has 0 aliphatic carbocycles. The van der Waals surface area contributed by atoms with E-state index in [1.54, 1.807) is 29.9 Å². The number of likely N-dealkylation sites (N-methyl/N-ethyl adjacent to an activating group) is 1. The van der Waals surface area contributed by atoms with Gasteiger partial charge in [0, 0.05) is 44.7 Å². The van der Waals surface area contributed by atoms with Gasteiger partial charge in [0.05, 0.1) is 18.8 Å². The molecule has 4 rings (SSSR count). The Morgan fingerprint density at radius 3 is 2.88 bits per heavy atom. The van der Waals surface area contributed by atoms with E-state index in [9.17, 15) is 14.0 Å². The van der Waals surface area contributed by atoms with Crippen molar-refractivity contribution in [1.29, 1.82) is 0 Å². The zero-order valence-electron chi connectivity index (χ0n) is 18.8. The molecule has 3 heterocycles. The molecule has 2 aromatic heterocycles. The Bertz CT molecular complexity index is 1160. The number of hydrogen-bond acceptors (Lipinski definition) is 7. The highest BCUT2D eigenvalue weighted by Gasteiger charge is 2.31. The summed E-state index contributed by atoms with van der Waals surface area (Å²) in [7, 11) is 1.65. The number of halogens is 1. The molecule has 0 saturated carbocycles. The molecule has 1 atom stereocenters. The fraction of sp³-hybridized carbons (Fsp3) is 0.409. The Morgan fingerprint density at radius 1 is 1.26 bits per heavy atom. The van der Waals surface area contributed by atoms with Crippen LogP contribution in [0.5, 0.6) is 0 Å². The Labute approximate surface area is 195 Å². The topological polar surface area (TPSA) is 130 Å². The van der Waals surface area contributed by atoms with Crippen molar-refractivity contribution in [3.8, 4) is 0 Å². The largest absolute Gasteiger partial charge is 0.395 e. The number of carbonyl (C=O) groups excluding carboxylic acids is 2. The molecule has 1 aliphatic heterocycles. The highest BCUT2D eigenvalue weighted by Crippen LogP contribution is 2.21. The van der Waals surface area contributed by atoms with Crippen LogP contribution in [-0.2, 0) is 24.3 Å². The van der Waals surface area contributed by atoms with Crippen molar-refractivity contribution in [3.63, 3.8) is 0 Å². The predicted molar refractivity (Wildman–Crippen MR) is 121 cm³/mol. The van der Waals surface area contributed by atoms with Crippen LogP contribution in [0.25, 0.3) is 0 Å². The van der Waals surface area contributed by atoms with E-state index >= 15 is 0 Å². The van der Waals surface area contributed by atoms with Gasteiger partial charge in [-0.05, 0) is 12.5 Å². The lowest BCUT2D eigenvalue weighted by Gasteiger charge is -2.19. The van der Waals surface area contributed by atoms with Crippen LogP contribution in [0.3, 0.4) is 0 Å². The van der Waals surface area contributed by atoms with Gasteiger partial charge in [0.25, 0.3) is 11.8 Å². The lowest BCUT2D eigenvalue weighted by atomic mass is 10.2. The number of nitrogens with zero attached hydrogens (tertiary/aromatic N) is 6. The summed E-state index contributed by atoms with van der Waals surface area (Å²) in [6.45, 7) is 1.85. The van der Waals surface area contributed by atoms with E-state index in [1.165, 1.54) is 22.0 Å². The summed E-state index contributed by atoms with van der Waals surface area (Å²) in [6, 6.07) is 7.41. The highest BCUT2D eigenvalue weighted by molar-refractivity contribution is 6.00. The minimum atomic E-state index is -0.757. The molecule has 0 radical (unpaired) electrons. The lowest BCUT2D eigenvalue weighted by Crippen LogP contribution is -2.47. The Kier molecular flexibility index (Phi) is 7.28. The molecular formula is C22H27FN8O3. The third-order valence-corrected chi connectivity index (χ3v) is 5.59. The molecule has 34 heavy (non-hydrogen) atoms. The molecule has 2 amide bonds. The molecule has 0 spiro atoms. The second-order valence-electron chi connectivity index (χ2n) is 8.01. The van der Waals surface area contributed by atoms with Gasteiger partial charge in [-0.15, -0.1) is 5.10 Å². The monoisotopic (exact) mass is 470 g/mol. The van der Waals surface area contributed by atoms with Crippen LogP contribution in [0.2, 0.25) is 0 Å². The first kappa shape index (κ1) is 23.5. The van der Waals surface area contributed by atoms with Gasteiger partial charge < -0.3 is 15.7 Å². The third kappa shape index (κ3) is 5.29. The van der Waals surface area contributed by atoms with Crippen LogP contribution in [-0.4, -0.2) is 74.3 Å². The summed E-state index contributed by atoms with van der Waals surface area (Å²) in [6.07, 6.45) is 2.39. The number of nitrogens with one attached hydrogen (secondary N) is 2. The van der Waals surface area contributed by atoms with Crippen LogP contribution in [0, 0.1) is 5.82 Å². The quantitative estimate of drug-likeness (QED) is 0.374. The number of hydrogen-bond donors (Lipinski definition) is 3. The summed E-state index contributed by atoms with van der Waals surface area (Å²) < 4.78 is 17.0. The highest BCUT2D eigenvalue weighted by atomic mass is 19.1. The van der Waals surface area contributed by atoms with E-state index in [1.807, 2.05) is 6.07 Å². The maximum absolute atomic E-state index is 13.9. The number of carbonyl (C=O) groups is 2. The molecule has 1 aromatic carbocycles. The molecule has 0 saturated heterocycles. The van der Waals surface area contributed by atoms with E-state index in [0.29, 0.717) is 43.9 Å². The Balaban J connectivity index is 1.37. The van der Waals surface area contributed by atoms with Crippen LogP contribution >= 0.6 is 0 Å². The number of benzene rings is 1. The molecule has 180 valence electrons. The minimum Gasteiger partial charge on any atom is -0.395 e. The lowest BCUT2D eigenvalue weighted by molar-refractivity contribution is -0.120. The molecule has 3 aromatic rings. The molecule has 0 unspecified atom stereocenters.